The van der Waals surface area contributed by atoms with Gasteiger partial charge in [-0.15, -0.1) is 6.58 Å². The zero-order chi connectivity index (χ0) is 41.6. The summed E-state index contributed by atoms with van der Waals surface area (Å²) >= 11 is 0. The van der Waals surface area contributed by atoms with E-state index in [0.717, 1.165) is 42.2 Å². The third-order valence-corrected chi connectivity index (χ3v) is 13.3. The predicted molar refractivity (Wildman–Crippen MR) is 217 cm³/mol. The number of benzene rings is 3. The SMILES string of the molecule is C=C[C@@H]1C[C@]1(NC(=O)[C@@H]1C[C@@H](N2Cc3cccc4cccc(c34)C2)CN1C(=O)[C@@H](NC(=O)OC1CCCC1)C(C)(C)C)C(=O)NS(=O)(=O)c1ccc(NC(C)=O)cc1. The summed E-state index contributed by atoms with van der Waals surface area (Å²) < 4.78 is 34.6. The molecule has 308 valence electrons. The Morgan fingerprint density at radius 1 is 0.948 bits per heavy atom. The van der Waals surface area contributed by atoms with E-state index in [2.05, 4.69) is 56.4 Å². The molecule has 0 radical (unpaired) electrons. The van der Waals surface area contributed by atoms with Gasteiger partial charge in [0.2, 0.25) is 17.7 Å². The number of rotatable bonds is 11. The number of carbonyl (C=O) groups excluding carboxylic acids is 5. The average Bonchev–Trinajstić information content (AvgIpc) is 3.44. The van der Waals surface area contributed by atoms with Gasteiger partial charge < -0.3 is 25.6 Å². The fraction of sp³-hybridized carbons (Fsp3) is 0.465. The van der Waals surface area contributed by atoms with Crippen molar-refractivity contribution in [2.45, 2.75) is 114 Å². The standard InChI is InChI=1S/C43H52N6O8S/c1-6-30-22-43(30,40(53)47-58(55,56)34-19-17-31(18-20-34)44-26(2)50)46-38(51)35-21-32(48-23-28-13-9-11-27-12-10-14-29(24-48)36(27)28)25-49(35)39(52)37(42(3,4)5)45-41(54)57-33-15-7-8-16-33/h6,9-14,17-20,30,32-33,35,37H,1,7-8,15-16,21-25H2,2-5H3,(H,44,50)(H,45,54)(H,46,51)(H,47,53)/t30-,32-,35+,37-,43-/m1/s1. The van der Waals surface area contributed by atoms with Gasteiger partial charge in [0.05, 0.1) is 4.90 Å². The monoisotopic (exact) mass is 812 g/mol. The lowest BCUT2D eigenvalue weighted by atomic mass is 9.85. The minimum atomic E-state index is -4.39. The second-order valence-electron chi connectivity index (χ2n) is 17.1. The highest BCUT2D eigenvalue weighted by Gasteiger charge is 2.61. The Hall–Kier alpha value is -5.28. The maximum Gasteiger partial charge on any atom is 0.408 e. The van der Waals surface area contributed by atoms with Crippen molar-refractivity contribution in [1.29, 1.82) is 0 Å². The van der Waals surface area contributed by atoms with E-state index in [1.165, 1.54) is 47.6 Å². The molecule has 2 aliphatic carbocycles. The van der Waals surface area contributed by atoms with Gasteiger partial charge in [-0.1, -0.05) is 63.2 Å². The Bertz CT molecular complexity index is 2210. The van der Waals surface area contributed by atoms with Gasteiger partial charge in [-0.25, -0.2) is 17.9 Å². The van der Waals surface area contributed by atoms with Crippen LogP contribution in [0.3, 0.4) is 0 Å². The molecule has 5 amide bonds. The number of ether oxygens (including phenoxy) is 1. The summed E-state index contributed by atoms with van der Waals surface area (Å²) in [6, 6.07) is 15.3. The summed E-state index contributed by atoms with van der Waals surface area (Å²) in [6.07, 6.45) is 4.37. The smallest absolute Gasteiger partial charge is 0.408 e. The van der Waals surface area contributed by atoms with E-state index in [1.54, 1.807) is 0 Å². The Labute approximate surface area is 339 Å². The first kappa shape index (κ1) is 40.9. The highest BCUT2D eigenvalue weighted by molar-refractivity contribution is 7.90. The maximum absolute atomic E-state index is 14.8. The number of sulfonamides is 1. The lowest BCUT2D eigenvalue weighted by Crippen LogP contribution is -2.60. The minimum Gasteiger partial charge on any atom is -0.446 e. The van der Waals surface area contributed by atoms with Crippen LogP contribution in [0.4, 0.5) is 10.5 Å². The third kappa shape index (κ3) is 8.33. The average molecular weight is 813 g/mol. The summed E-state index contributed by atoms with van der Waals surface area (Å²) in [6.45, 7) is 12.0. The first-order chi connectivity index (χ1) is 27.5. The first-order valence-electron chi connectivity index (χ1n) is 19.9. The van der Waals surface area contributed by atoms with Crippen molar-refractivity contribution in [1.82, 2.24) is 25.2 Å². The fourth-order valence-electron chi connectivity index (χ4n) is 8.74. The van der Waals surface area contributed by atoms with E-state index in [4.69, 9.17) is 4.74 Å². The Balaban J connectivity index is 1.15. The van der Waals surface area contributed by atoms with Gasteiger partial charge in [-0.05, 0) is 90.1 Å². The second-order valence-corrected chi connectivity index (χ2v) is 18.8. The number of hydrogen-bond donors (Lipinski definition) is 4. The van der Waals surface area contributed by atoms with Crippen LogP contribution in [0.1, 0.15) is 77.3 Å². The lowest BCUT2D eigenvalue weighted by Gasteiger charge is -2.36. The van der Waals surface area contributed by atoms with Crippen LogP contribution in [-0.4, -0.2) is 84.3 Å². The summed E-state index contributed by atoms with van der Waals surface area (Å²) in [5.74, 6) is -2.92. The van der Waals surface area contributed by atoms with E-state index >= 15 is 0 Å². The molecule has 7 rings (SSSR count). The molecule has 2 aliphatic heterocycles. The van der Waals surface area contributed by atoms with Gasteiger partial charge >= 0.3 is 6.09 Å². The summed E-state index contributed by atoms with van der Waals surface area (Å²) in [4.78, 5) is 71.5. The van der Waals surface area contributed by atoms with E-state index in [0.29, 0.717) is 18.8 Å². The number of alkyl carbamates (subject to hydrolysis) is 1. The van der Waals surface area contributed by atoms with Gasteiger partial charge in [-0.3, -0.25) is 24.1 Å². The molecule has 3 aromatic carbocycles. The fourth-order valence-corrected chi connectivity index (χ4v) is 9.78. The van der Waals surface area contributed by atoms with Gasteiger partial charge in [0, 0.05) is 44.2 Å². The molecule has 58 heavy (non-hydrogen) atoms. The molecule has 3 aromatic rings. The zero-order valence-corrected chi connectivity index (χ0v) is 34.2. The number of amides is 5. The molecule has 0 bridgehead atoms. The molecule has 0 unspecified atom stereocenters. The van der Waals surface area contributed by atoms with Crippen molar-refractivity contribution in [2.24, 2.45) is 11.3 Å². The topological polar surface area (TPSA) is 183 Å². The first-order valence-corrected chi connectivity index (χ1v) is 21.4. The van der Waals surface area contributed by atoms with Gasteiger partial charge in [0.1, 0.15) is 23.7 Å². The Morgan fingerprint density at radius 3 is 2.16 bits per heavy atom. The van der Waals surface area contributed by atoms with Crippen LogP contribution < -0.4 is 20.7 Å². The summed E-state index contributed by atoms with van der Waals surface area (Å²) in [5, 5.41) is 10.6. The largest absolute Gasteiger partial charge is 0.446 e. The van der Waals surface area contributed by atoms with Crippen molar-refractivity contribution in [2.75, 3.05) is 11.9 Å². The molecular weight excluding hydrogens is 761 g/mol. The van der Waals surface area contributed by atoms with E-state index in [-0.39, 0.29) is 42.3 Å². The van der Waals surface area contributed by atoms with Crippen LogP contribution in [-0.2, 0) is 47.0 Å². The summed E-state index contributed by atoms with van der Waals surface area (Å²) in [7, 11) is -4.39. The Morgan fingerprint density at radius 2 is 1.59 bits per heavy atom. The number of hydrogen-bond acceptors (Lipinski definition) is 9. The Kier molecular flexibility index (Phi) is 11.2. The normalized spacial score (nSPS) is 23.8. The van der Waals surface area contributed by atoms with Crippen LogP contribution >= 0.6 is 0 Å². The molecule has 5 atom stereocenters. The maximum atomic E-state index is 14.8. The van der Waals surface area contributed by atoms with Crippen LogP contribution in [0.5, 0.6) is 0 Å². The van der Waals surface area contributed by atoms with Crippen LogP contribution in [0, 0.1) is 11.3 Å². The predicted octanol–water partition coefficient (Wildman–Crippen LogP) is 4.73. The van der Waals surface area contributed by atoms with Crippen LogP contribution in [0.2, 0.25) is 0 Å². The second kappa shape index (κ2) is 15.8. The highest BCUT2D eigenvalue weighted by Crippen LogP contribution is 2.45. The number of nitrogens with one attached hydrogen (secondary N) is 4. The number of carbonyl (C=O) groups is 5. The molecule has 14 nitrogen and oxygen atoms in total. The molecule has 1 saturated heterocycles. The molecule has 3 fully saturated rings. The lowest BCUT2D eigenvalue weighted by molar-refractivity contribution is -0.142. The molecule has 2 heterocycles. The van der Waals surface area contributed by atoms with Crippen molar-refractivity contribution in [3.05, 3.63) is 84.4 Å². The van der Waals surface area contributed by atoms with Gasteiger partial charge in [0.25, 0.3) is 15.9 Å². The van der Waals surface area contributed by atoms with Crippen LogP contribution in [0.15, 0.2) is 78.2 Å². The van der Waals surface area contributed by atoms with Crippen molar-refractivity contribution in [3.8, 4) is 0 Å². The van der Waals surface area contributed by atoms with E-state index in [9.17, 15) is 32.4 Å². The number of nitrogens with zero attached hydrogens (tertiary/aromatic N) is 2. The molecule has 15 heteroatoms. The molecule has 0 aromatic heterocycles. The highest BCUT2D eigenvalue weighted by atomic mass is 32.2. The van der Waals surface area contributed by atoms with Crippen LogP contribution in [0.25, 0.3) is 10.8 Å². The minimum absolute atomic E-state index is 0.0985. The molecular formula is C43H52N6O8S. The van der Waals surface area contributed by atoms with E-state index in [1.807, 2.05) is 32.9 Å². The molecule has 4 aliphatic rings. The van der Waals surface area contributed by atoms with Gasteiger partial charge in [-0.2, -0.15) is 0 Å². The zero-order valence-electron chi connectivity index (χ0n) is 33.4. The number of anilines is 1. The molecule has 0 spiro atoms. The van der Waals surface area contributed by atoms with Gasteiger partial charge in [0.15, 0.2) is 0 Å². The third-order valence-electron chi connectivity index (χ3n) is 11.9. The molecule has 2 saturated carbocycles. The number of likely N-dealkylation sites (tertiary alicyclic amines) is 1. The van der Waals surface area contributed by atoms with Crippen molar-refractivity contribution in [3.63, 3.8) is 0 Å². The molecule has 4 N–H and O–H groups in total. The quantitative estimate of drug-likeness (QED) is 0.199. The van der Waals surface area contributed by atoms with Crippen molar-refractivity contribution < 1.29 is 37.1 Å². The summed E-state index contributed by atoms with van der Waals surface area (Å²) in [5.41, 5.74) is 0.251. The van der Waals surface area contributed by atoms with E-state index < -0.39 is 62.8 Å². The van der Waals surface area contributed by atoms with Crippen molar-refractivity contribution >= 4 is 56.2 Å².